The maximum atomic E-state index is 12.1. The van der Waals surface area contributed by atoms with Crippen LogP contribution >= 0.6 is 11.3 Å². The number of esters is 1. The van der Waals surface area contributed by atoms with Crippen LogP contribution in [-0.4, -0.2) is 31.7 Å². The minimum absolute atomic E-state index is 0.0997. The maximum Gasteiger partial charge on any atom is 0.307 e. The standard InChI is InChI=1S/C13H19NO4S/c1-13(2,18-4)12(16)14-9(8-11(15)17-3)10-6-5-7-19-10/h5-7,9H,8H2,1-4H3,(H,14,16). The largest absolute Gasteiger partial charge is 0.469 e. The van der Waals surface area contributed by atoms with Crippen LogP contribution in [0.5, 0.6) is 0 Å². The fourth-order valence-electron chi connectivity index (χ4n) is 1.39. The molecule has 0 fully saturated rings. The molecule has 0 spiro atoms. The summed E-state index contributed by atoms with van der Waals surface area (Å²) in [6.45, 7) is 3.35. The van der Waals surface area contributed by atoms with Gasteiger partial charge in [0.25, 0.3) is 5.91 Å². The third-order valence-corrected chi connectivity index (χ3v) is 3.83. The van der Waals surface area contributed by atoms with E-state index in [1.165, 1.54) is 25.6 Å². The van der Waals surface area contributed by atoms with E-state index < -0.39 is 11.6 Å². The summed E-state index contributed by atoms with van der Waals surface area (Å²) in [4.78, 5) is 24.4. The second-order valence-electron chi connectivity index (χ2n) is 4.54. The van der Waals surface area contributed by atoms with Gasteiger partial charge < -0.3 is 14.8 Å². The van der Waals surface area contributed by atoms with Gasteiger partial charge in [-0.1, -0.05) is 6.07 Å². The highest BCUT2D eigenvalue weighted by molar-refractivity contribution is 7.10. The molecule has 0 aromatic carbocycles. The first-order valence-electron chi connectivity index (χ1n) is 5.87. The van der Waals surface area contributed by atoms with Crippen molar-refractivity contribution in [3.8, 4) is 0 Å². The Hall–Kier alpha value is -1.40. The van der Waals surface area contributed by atoms with Crippen LogP contribution < -0.4 is 5.32 Å². The average molecular weight is 285 g/mol. The number of rotatable bonds is 6. The predicted molar refractivity (Wildman–Crippen MR) is 72.9 cm³/mol. The second-order valence-corrected chi connectivity index (χ2v) is 5.52. The lowest BCUT2D eigenvalue weighted by atomic mass is 10.1. The molecule has 0 radical (unpaired) electrons. The lowest BCUT2D eigenvalue weighted by Gasteiger charge is -2.25. The quantitative estimate of drug-likeness (QED) is 0.811. The van der Waals surface area contributed by atoms with Gasteiger partial charge in [-0.2, -0.15) is 0 Å². The van der Waals surface area contributed by atoms with E-state index in [4.69, 9.17) is 4.74 Å². The van der Waals surface area contributed by atoms with Crippen molar-refractivity contribution in [2.45, 2.75) is 31.9 Å². The van der Waals surface area contributed by atoms with E-state index in [-0.39, 0.29) is 18.3 Å². The van der Waals surface area contributed by atoms with Gasteiger partial charge in [0.15, 0.2) is 0 Å². The number of thiophene rings is 1. The summed E-state index contributed by atoms with van der Waals surface area (Å²) < 4.78 is 9.78. The van der Waals surface area contributed by atoms with Crippen molar-refractivity contribution >= 4 is 23.2 Å². The zero-order chi connectivity index (χ0) is 14.5. The molecule has 19 heavy (non-hydrogen) atoms. The van der Waals surface area contributed by atoms with Gasteiger partial charge in [-0.15, -0.1) is 11.3 Å². The van der Waals surface area contributed by atoms with Crippen molar-refractivity contribution in [2.75, 3.05) is 14.2 Å². The van der Waals surface area contributed by atoms with Crippen LogP contribution in [0.3, 0.4) is 0 Å². The number of ether oxygens (including phenoxy) is 2. The fraction of sp³-hybridized carbons (Fsp3) is 0.538. The molecule has 1 rings (SSSR count). The van der Waals surface area contributed by atoms with Crippen molar-refractivity contribution in [1.82, 2.24) is 5.32 Å². The smallest absolute Gasteiger partial charge is 0.307 e. The Labute approximate surface area is 116 Å². The van der Waals surface area contributed by atoms with Gasteiger partial charge in [0.05, 0.1) is 19.6 Å². The summed E-state index contributed by atoms with van der Waals surface area (Å²) in [7, 11) is 2.80. The highest BCUT2D eigenvalue weighted by Crippen LogP contribution is 2.23. The summed E-state index contributed by atoms with van der Waals surface area (Å²) in [6, 6.07) is 3.35. The van der Waals surface area contributed by atoms with Crippen molar-refractivity contribution in [1.29, 1.82) is 0 Å². The first-order valence-corrected chi connectivity index (χ1v) is 6.75. The third kappa shape index (κ3) is 4.33. The van der Waals surface area contributed by atoms with E-state index in [0.717, 1.165) is 4.88 Å². The molecule has 0 bridgehead atoms. The number of hydrogen-bond acceptors (Lipinski definition) is 5. The molecule has 1 aromatic heterocycles. The highest BCUT2D eigenvalue weighted by Gasteiger charge is 2.30. The molecule has 0 saturated carbocycles. The maximum absolute atomic E-state index is 12.1. The Kier molecular flexibility index (Phi) is 5.50. The summed E-state index contributed by atoms with van der Waals surface area (Å²) >= 11 is 1.48. The van der Waals surface area contributed by atoms with Crippen LogP contribution in [-0.2, 0) is 19.1 Å². The van der Waals surface area contributed by atoms with Gasteiger partial charge in [0, 0.05) is 12.0 Å². The van der Waals surface area contributed by atoms with Crippen molar-refractivity contribution in [3.63, 3.8) is 0 Å². The Morgan fingerprint density at radius 1 is 1.42 bits per heavy atom. The number of carbonyl (C=O) groups excluding carboxylic acids is 2. The molecule has 1 aromatic rings. The molecule has 1 unspecified atom stereocenters. The molecule has 1 atom stereocenters. The first-order chi connectivity index (χ1) is 8.90. The zero-order valence-corrected chi connectivity index (χ0v) is 12.4. The van der Waals surface area contributed by atoms with Crippen LogP contribution in [0.25, 0.3) is 0 Å². The summed E-state index contributed by atoms with van der Waals surface area (Å²) in [5, 5.41) is 4.72. The molecular formula is C13H19NO4S. The Morgan fingerprint density at radius 3 is 2.58 bits per heavy atom. The summed E-state index contributed by atoms with van der Waals surface area (Å²) in [5.74, 6) is -0.633. The molecular weight excluding hydrogens is 266 g/mol. The molecule has 1 amide bonds. The van der Waals surface area contributed by atoms with Crippen molar-refractivity contribution in [3.05, 3.63) is 22.4 Å². The molecule has 5 nitrogen and oxygen atoms in total. The summed E-state index contributed by atoms with van der Waals surface area (Å²) in [6.07, 6.45) is 0.0997. The average Bonchev–Trinajstić information content (AvgIpc) is 2.91. The Bertz CT molecular complexity index is 428. The predicted octanol–water partition coefficient (Wildman–Crippen LogP) is 1.89. The molecule has 0 aliphatic rings. The van der Waals surface area contributed by atoms with E-state index in [1.807, 2.05) is 17.5 Å². The molecule has 1 heterocycles. The van der Waals surface area contributed by atoms with E-state index >= 15 is 0 Å². The number of methoxy groups -OCH3 is 2. The lowest BCUT2D eigenvalue weighted by Crippen LogP contribution is -2.45. The monoisotopic (exact) mass is 285 g/mol. The van der Waals surface area contributed by atoms with E-state index in [2.05, 4.69) is 10.1 Å². The molecule has 1 N–H and O–H groups in total. The zero-order valence-electron chi connectivity index (χ0n) is 11.6. The SMILES string of the molecule is COC(=O)CC(NC(=O)C(C)(C)OC)c1cccs1. The van der Waals surface area contributed by atoms with Crippen LogP contribution in [0.1, 0.15) is 31.2 Å². The summed E-state index contributed by atoms with van der Waals surface area (Å²) in [5.41, 5.74) is -0.939. The van der Waals surface area contributed by atoms with Gasteiger partial charge in [0.2, 0.25) is 0 Å². The molecule has 0 aliphatic heterocycles. The number of nitrogens with one attached hydrogen (secondary N) is 1. The molecule has 0 saturated heterocycles. The molecule has 6 heteroatoms. The van der Waals surface area contributed by atoms with Crippen molar-refractivity contribution < 1.29 is 19.1 Å². The number of carbonyl (C=O) groups is 2. The van der Waals surface area contributed by atoms with Crippen LogP contribution in [0.2, 0.25) is 0 Å². The highest BCUT2D eigenvalue weighted by atomic mass is 32.1. The van der Waals surface area contributed by atoms with E-state index in [0.29, 0.717) is 0 Å². The van der Waals surface area contributed by atoms with E-state index in [9.17, 15) is 9.59 Å². The van der Waals surface area contributed by atoms with Gasteiger partial charge in [-0.3, -0.25) is 9.59 Å². The van der Waals surface area contributed by atoms with Crippen molar-refractivity contribution in [2.24, 2.45) is 0 Å². The lowest BCUT2D eigenvalue weighted by molar-refractivity contribution is -0.143. The van der Waals surface area contributed by atoms with Gasteiger partial charge >= 0.3 is 5.97 Å². The van der Waals surface area contributed by atoms with E-state index in [1.54, 1.807) is 13.8 Å². The minimum atomic E-state index is -0.939. The van der Waals surface area contributed by atoms with Crippen LogP contribution in [0.15, 0.2) is 17.5 Å². The Morgan fingerprint density at radius 2 is 2.11 bits per heavy atom. The van der Waals surface area contributed by atoms with Gasteiger partial charge in [0.1, 0.15) is 5.60 Å². The Balaban J connectivity index is 2.81. The second kappa shape index (κ2) is 6.68. The number of amides is 1. The topological polar surface area (TPSA) is 64.6 Å². The van der Waals surface area contributed by atoms with Crippen LogP contribution in [0, 0.1) is 0 Å². The fourth-order valence-corrected chi connectivity index (χ4v) is 2.16. The first kappa shape index (κ1) is 15.7. The third-order valence-electron chi connectivity index (χ3n) is 2.85. The minimum Gasteiger partial charge on any atom is -0.469 e. The van der Waals surface area contributed by atoms with Gasteiger partial charge in [-0.25, -0.2) is 0 Å². The van der Waals surface area contributed by atoms with Gasteiger partial charge in [-0.05, 0) is 25.3 Å². The van der Waals surface area contributed by atoms with Crippen LogP contribution in [0.4, 0.5) is 0 Å². The molecule has 106 valence electrons. The number of hydrogen-bond donors (Lipinski definition) is 1. The normalized spacial score (nSPS) is 12.8. The molecule has 0 aliphatic carbocycles.